The van der Waals surface area contributed by atoms with Crippen LogP contribution in [0, 0.1) is 0 Å². The zero-order valence-electron chi connectivity index (χ0n) is 12.7. The molecule has 0 bridgehead atoms. The van der Waals surface area contributed by atoms with E-state index in [9.17, 15) is 8.42 Å². The molecule has 0 amide bonds. The fraction of sp³-hybridized carbons (Fsp3) is 0.286. The van der Waals surface area contributed by atoms with Gasteiger partial charge >= 0.3 is 152 Å². The Hall–Kier alpha value is -0.812. The van der Waals surface area contributed by atoms with Crippen LogP contribution in [0.25, 0.3) is 0 Å². The minimum atomic E-state index is -3.45. The maximum atomic E-state index is 12.6. The van der Waals surface area contributed by atoms with E-state index in [0.717, 1.165) is 0 Å². The van der Waals surface area contributed by atoms with Gasteiger partial charge in [-0.1, -0.05) is 0 Å². The van der Waals surface area contributed by atoms with E-state index in [4.69, 9.17) is 27.9 Å². The molecule has 0 aliphatic carbocycles. The molecule has 0 N–H and O–H groups in total. The molecule has 5 nitrogen and oxygen atoms in total. The maximum absolute atomic E-state index is 12.6. The average Bonchev–Trinajstić information content (AvgIpc) is 2.51. The third kappa shape index (κ3) is 4.18. The van der Waals surface area contributed by atoms with Crippen molar-refractivity contribution in [3.63, 3.8) is 0 Å². The van der Waals surface area contributed by atoms with Crippen LogP contribution in [0.15, 0.2) is 29.3 Å². The Labute approximate surface area is 152 Å². The van der Waals surface area contributed by atoms with Gasteiger partial charge in [-0.2, -0.15) is 0 Å². The van der Waals surface area contributed by atoms with Crippen molar-refractivity contribution in [2.75, 3.05) is 7.11 Å². The molecule has 0 saturated heterocycles. The van der Waals surface area contributed by atoms with Gasteiger partial charge in [0.25, 0.3) is 0 Å². The summed E-state index contributed by atoms with van der Waals surface area (Å²) in [5.74, 6) is 0.492. The number of rotatable bonds is 5. The topological polar surface area (TPSA) is 69.2 Å². The number of sulfone groups is 1. The van der Waals surface area contributed by atoms with Gasteiger partial charge in [0.05, 0.1) is 0 Å². The summed E-state index contributed by atoms with van der Waals surface area (Å²) in [6, 6.07) is 5.03. The number of hydrogen-bond donors (Lipinski definition) is 0. The number of methoxy groups -OCH3 is 1. The summed E-state index contributed by atoms with van der Waals surface area (Å²) in [7, 11) is -1.95. The quantitative estimate of drug-likeness (QED) is 0.522. The first-order chi connectivity index (χ1) is 10.8. The normalized spacial score (nSPS) is 12.3. The van der Waals surface area contributed by atoms with Crippen molar-refractivity contribution in [3.05, 3.63) is 34.7 Å². The van der Waals surface area contributed by atoms with Crippen LogP contribution >= 0.6 is 23.2 Å². The molecule has 1 heterocycles. The van der Waals surface area contributed by atoms with Crippen LogP contribution in [0.2, 0.25) is 10.3 Å². The van der Waals surface area contributed by atoms with Gasteiger partial charge in [-0.25, -0.2) is 0 Å². The first-order valence-electron chi connectivity index (χ1n) is 6.62. The molecule has 23 heavy (non-hydrogen) atoms. The minimum absolute atomic E-state index is 0.0925. The van der Waals surface area contributed by atoms with Gasteiger partial charge in [-0.05, 0) is 0 Å². The van der Waals surface area contributed by atoms with Crippen molar-refractivity contribution in [2.24, 2.45) is 0 Å². The fourth-order valence-electron chi connectivity index (χ4n) is 1.78. The summed E-state index contributed by atoms with van der Waals surface area (Å²) in [5.41, 5.74) is 0. The van der Waals surface area contributed by atoms with E-state index in [0.29, 0.717) is 19.6 Å². The van der Waals surface area contributed by atoms with Gasteiger partial charge in [-0.15, -0.1) is 0 Å². The molecule has 0 radical (unpaired) electrons. The van der Waals surface area contributed by atoms with Crippen molar-refractivity contribution in [2.45, 2.75) is 24.0 Å². The van der Waals surface area contributed by atoms with Gasteiger partial charge in [0.1, 0.15) is 0 Å². The number of halogens is 2. The Morgan fingerprint density at radius 3 is 2.57 bits per heavy atom. The summed E-state index contributed by atoms with van der Waals surface area (Å²) in [6.45, 7) is 3.29. The molecule has 0 saturated carbocycles. The second kappa shape index (κ2) is 7.39. The molecule has 1 aromatic heterocycles. The predicted octanol–water partition coefficient (Wildman–Crippen LogP) is 1.36. The zero-order chi connectivity index (χ0) is 17.2. The van der Waals surface area contributed by atoms with Crippen molar-refractivity contribution in [1.29, 1.82) is 0 Å². The third-order valence-electron chi connectivity index (χ3n) is 3.08. The molecule has 1 unspecified atom stereocenters. The number of ether oxygens (including phenoxy) is 1. The molecule has 1 atom stereocenters. The molecule has 9 heteroatoms. The van der Waals surface area contributed by atoms with Gasteiger partial charge in [0.15, 0.2) is 0 Å². The van der Waals surface area contributed by atoms with E-state index < -0.39 is 30.8 Å². The molecule has 0 fully saturated rings. The molecular weight excluding hydrogens is 422 g/mol. The summed E-state index contributed by atoms with van der Waals surface area (Å²) in [4.78, 5) is 8.20. The van der Waals surface area contributed by atoms with Gasteiger partial charge in [0.2, 0.25) is 0 Å². The molecule has 0 spiro atoms. The van der Waals surface area contributed by atoms with E-state index >= 15 is 0 Å². The number of benzene rings is 1. The van der Waals surface area contributed by atoms with Crippen LogP contribution in [-0.4, -0.2) is 46.5 Å². The molecule has 2 aromatic rings. The summed E-state index contributed by atoms with van der Waals surface area (Å²) < 4.78 is 31.7. The molecule has 1 aromatic carbocycles. The Morgan fingerprint density at radius 2 is 1.96 bits per heavy atom. The van der Waals surface area contributed by atoms with Crippen LogP contribution in [0.4, 0.5) is 0 Å². The van der Waals surface area contributed by atoms with Crippen molar-refractivity contribution in [1.82, 2.24) is 9.97 Å². The van der Waals surface area contributed by atoms with E-state index in [1.54, 1.807) is 32.0 Å². The molecule has 0 aliphatic rings. The van der Waals surface area contributed by atoms with Crippen molar-refractivity contribution < 1.29 is 13.2 Å². The fourth-order valence-corrected chi connectivity index (χ4v) is 6.75. The Balaban J connectivity index is 2.56. The second-order valence-electron chi connectivity index (χ2n) is 4.92. The first kappa shape index (κ1) is 18.5. The Kier molecular flexibility index (Phi) is 5.95. The van der Waals surface area contributed by atoms with Gasteiger partial charge in [-0.3, -0.25) is 0 Å². The number of nitrogens with zero attached hydrogens (tertiary/aromatic N) is 2. The van der Waals surface area contributed by atoms with Crippen molar-refractivity contribution >= 4 is 57.6 Å². The average molecular weight is 437 g/mol. The summed E-state index contributed by atoms with van der Waals surface area (Å²) >= 11 is 10.8. The molecule has 0 aliphatic heterocycles. The number of hydrogen-bond acceptors (Lipinski definition) is 5. The van der Waals surface area contributed by atoms with E-state index in [-0.39, 0.29) is 10.2 Å². The summed E-state index contributed by atoms with van der Waals surface area (Å²) in [6.07, 6.45) is 1.43. The monoisotopic (exact) mass is 436 g/mol. The Bertz CT molecular complexity index is 829. The van der Waals surface area contributed by atoms with Gasteiger partial charge < -0.3 is 0 Å². The SMILES string of the molecule is COc1ccc([AsH]c2nc(Cl)ncc2Cl)c(S(=O)(=O)C(C)C)c1. The van der Waals surface area contributed by atoms with Crippen LogP contribution in [-0.2, 0) is 9.84 Å². The van der Waals surface area contributed by atoms with Crippen LogP contribution < -0.4 is 13.6 Å². The van der Waals surface area contributed by atoms with E-state index in [2.05, 4.69) is 9.97 Å². The van der Waals surface area contributed by atoms with E-state index in [1.165, 1.54) is 13.3 Å². The first-order valence-corrected chi connectivity index (χ1v) is 11.0. The number of aromatic nitrogens is 2. The molecular formula is C14H15AsCl2N2O3S. The van der Waals surface area contributed by atoms with E-state index in [1.807, 2.05) is 0 Å². The van der Waals surface area contributed by atoms with Crippen LogP contribution in [0.3, 0.4) is 0 Å². The van der Waals surface area contributed by atoms with Crippen molar-refractivity contribution in [3.8, 4) is 5.75 Å². The summed E-state index contributed by atoms with van der Waals surface area (Å²) in [5, 5.41) is -0.0579. The predicted molar refractivity (Wildman–Crippen MR) is 93.8 cm³/mol. The standard InChI is InChI=1S/C14H15AsCl2N2O3S/c1-8(2)23(20,21)12-6-9(22-3)4-5-10(12)15-13-11(16)7-18-14(17)19-13/h4-8,15H,1-3H3. The molecule has 2 rings (SSSR count). The van der Waals surface area contributed by atoms with Crippen LogP contribution in [0.1, 0.15) is 13.8 Å². The third-order valence-corrected chi connectivity index (χ3v) is 9.22. The zero-order valence-corrected chi connectivity index (χ0v) is 17.1. The Morgan fingerprint density at radius 1 is 1.26 bits per heavy atom. The van der Waals surface area contributed by atoms with Crippen LogP contribution in [0.5, 0.6) is 5.75 Å². The second-order valence-corrected chi connectivity index (χ2v) is 10.8. The molecule has 124 valence electrons. The van der Waals surface area contributed by atoms with Gasteiger partial charge in [0, 0.05) is 0 Å².